The van der Waals surface area contributed by atoms with Crippen LogP contribution in [0.2, 0.25) is 0 Å². The molecule has 168 valence electrons. The predicted molar refractivity (Wildman–Crippen MR) is 117 cm³/mol. The molecule has 0 radical (unpaired) electrons. The Labute approximate surface area is 186 Å². The van der Waals surface area contributed by atoms with Crippen LogP contribution < -0.4 is 0 Å². The molecule has 8 heteroatoms. The van der Waals surface area contributed by atoms with E-state index in [4.69, 9.17) is 0 Å². The van der Waals surface area contributed by atoms with Crippen LogP contribution in [-0.4, -0.2) is 75.4 Å². The van der Waals surface area contributed by atoms with E-state index in [0.29, 0.717) is 45.7 Å². The summed E-state index contributed by atoms with van der Waals surface area (Å²) in [5, 5.41) is 19.3. The van der Waals surface area contributed by atoms with E-state index in [1.54, 1.807) is 14.7 Å². The van der Waals surface area contributed by atoms with Crippen molar-refractivity contribution in [1.82, 2.24) is 14.7 Å². The first-order valence-corrected chi connectivity index (χ1v) is 10.8. The van der Waals surface area contributed by atoms with Gasteiger partial charge in [-0.1, -0.05) is 30.3 Å². The number of hydrogen-bond acceptors (Lipinski definition) is 5. The lowest BCUT2D eigenvalue weighted by atomic mass is 10.1. The summed E-state index contributed by atoms with van der Waals surface area (Å²) >= 11 is 0. The lowest BCUT2D eigenvalue weighted by molar-refractivity contribution is -0.135. The van der Waals surface area contributed by atoms with Gasteiger partial charge in [-0.3, -0.25) is 14.4 Å². The van der Waals surface area contributed by atoms with Crippen LogP contribution in [0, 0.1) is 5.92 Å². The summed E-state index contributed by atoms with van der Waals surface area (Å²) in [7, 11) is 0. The Morgan fingerprint density at radius 1 is 0.906 bits per heavy atom. The van der Waals surface area contributed by atoms with E-state index >= 15 is 0 Å². The number of carbonyl (C=O) groups excluding carboxylic acids is 3. The second-order valence-corrected chi connectivity index (χ2v) is 8.37. The molecule has 2 saturated heterocycles. The second-order valence-electron chi connectivity index (χ2n) is 8.37. The Balaban J connectivity index is 1.35. The van der Waals surface area contributed by atoms with Crippen LogP contribution in [-0.2, 0) is 16.1 Å². The molecule has 0 saturated carbocycles. The number of nitrogens with zero attached hydrogens (tertiary/aromatic N) is 3. The third kappa shape index (κ3) is 4.85. The SMILES string of the molecule is O=C1CC(C(=O)N2CCCN(C(=O)c3cc(O)cc(O)c3)CC2)CN1Cc1ccccc1. The molecule has 4 rings (SSSR count). The molecule has 1 atom stereocenters. The normalized spacial score (nSPS) is 19.2. The minimum Gasteiger partial charge on any atom is -0.508 e. The van der Waals surface area contributed by atoms with Crippen molar-refractivity contribution in [2.75, 3.05) is 32.7 Å². The highest BCUT2D eigenvalue weighted by atomic mass is 16.3. The average Bonchev–Trinajstić information content (AvgIpc) is 2.98. The zero-order valence-electron chi connectivity index (χ0n) is 17.8. The van der Waals surface area contributed by atoms with Crippen LogP contribution in [0.4, 0.5) is 0 Å². The molecule has 3 amide bonds. The molecule has 2 aliphatic heterocycles. The third-order valence-corrected chi connectivity index (χ3v) is 6.02. The minimum absolute atomic E-state index is 0.0116. The average molecular weight is 437 g/mol. The molecule has 0 aliphatic carbocycles. The lowest BCUT2D eigenvalue weighted by Gasteiger charge is -2.25. The van der Waals surface area contributed by atoms with Gasteiger partial charge in [0.2, 0.25) is 11.8 Å². The van der Waals surface area contributed by atoms with Crippen LogP contribution >= 0.6 is 0 Å². The second kappa shape index (κ2) is 9.30. The van der Waals surface area contributed by atoms with Gasteiger partial charge in [-0.25, -0.2) is 0 Å². The van der Waals surface area contributed by atoms with Crippen molar-refractivity contribution in [1.29, 1.82) is 0 Å². The molecule has 32 heavy (non-hydrogen) atoms. The molecular formula is C24H27N3O5. The van der Waals surface area contributed by atoms with Crippen molar-refractivity contribution in [2.24, 2.45) is 5.92 Å². The van der Waals surface area contributed by atoms with E-state index in [9.17, 15) is 24.6 Å². The summed E-state index contributed by atoms with van der Waals surface area (Å²) in [6, 6.07) is 13.5. The van der Waals surface area contributed by atoms with Crippen LogP contribution in [0.3, 0.4) is 0 Å². The highest BCUT2D eigenvalue weighted by molar-refractivity contribution is 5.95. The summed E-state index contributed by atoms with van der Waals surface area (Å²) < 4.78 is 0. The number of likely N-dealkylation sites (tertiary alicyclic amines) is 1. The van der Waals surface area contributed by atoms with Gasteiger partial charge in [-0.05, 0) is 24.1 Å². The Hall–Kier alpha value is -3.55. The maximum absolute atomic E-state index is 13.1. The van der Waals surface area contributed by atoms with Crippen molar-refractivity contribution < 1.29 is 24.6 Å². The molecule has 2 aromatic carbocycles. The van der Waals surface area contributed by atoms with Gasteiger partial charge in [0.25, 0.3) is 5.91 Å². The smallest absolute Gasteiger partial charge is 0.254 e. The van der Waals surface area contributed by atoms with Crippen molar-refractivity contribution in [3.63, 3.8) is 0 Å². The van der Waals surface area contributed by atoms with E-state index in [-0.39, 0.29) is 47.1 Å². The summed E-state index contributed by atoms with van der Waals surface area (Å²) in [5.74, 6) is -1.07. The molecule has 1 unspecified atom stereocenters. The molecule has 8 nitrogen and oxygen atoms in total. The van der Waals surface area contributed by atoms with Gasteiger partial charge < -0.3 is 24.9 Å². The number of carbonyl (C=O) groups is 3. The molecule has 2 aromatic rings. The summed E-state index contributed by atoms with van der Waals surface area (Å²) in [6.07, 6.45) is 0.837. The van der Waals surface area contributed by atoms with E-state index in [1.807, 2.05) is 30.3 Å². The summed E-state index contributed by atoms with van der Waals surface area (Å²) in [4.78, 5) is 43.5. The van der Waals surface area contributed by atoms with E-state index in [2.05, 4.69) is 0 Å². The van der Waals surface area contributed by atoms with Gasteiger partial charge in [-0.15, -0.1) is 0 Å². The van der Waals surface area contributed by atoms with Gasteiger partial charge in [-0.2, -0.15) is 0 Å². The van der Waals surface area contributed by atoms with Gasteiger partial charge in [0.15, 0.2) is 0 Å². The number of amides is 3. The fourth-order valence-corrected chi connectivity index (χ4v) is 4.39. The van der Waals surface area contributed by atoms with Crippen molar-refractivity contribution >= 4 is 17.7 Å². The van der Waals surface area contributed by atoms with Crippen LogP contribution in [0.5, 0.6) is 11.5 Å². The number of aromatic hydroxyl groups is 2. The molecular weight excluding hydrogens is 410 g/mol. The Kier molecular flexibility index (Phi) is 6.30. The van der Waals surface area contributed by atoms with Gasteiger partial charge >= 0.3 is 0 Å². The zero-order chi connectivity index (χ0) is 22.7. The maximum Gasteiger partial charge on any atom is 0.254 e. The summed E-state index contributed by atoms with van der Waals surface area (Å²) in [5.41, 5.74) is 1.25. The molecule has 0 bridgehead atoms. The van der Waals surface area contributed by atoms with Gasteiger partial charge in [0.05, 0.1) is 5.92 Å². The van der Waals surface area contributed by atoms with Crippen LogP contribution in [0.1, 0.15) is 28.8 Å². The van der Waals surface area contributed by atoms with Crippen molar-refractivity contribution in [3.8, 4) is 11.5 Å². The highest BCUT2D eigenvalue weighted by Crippen LogP contribution is 2.24. The summed E-state index contributed by atoms with van der Waals surface area (Å²) in [6.45, 7) is 2.66. The third-order valence-electron chi connectivity index (χ3n) is 6.02. The largest absolute Gasteiger partial charge is 0.508 e. The fourth-order valence-electron chi connectivity index (χ4n) is 4.39. The van der Waals surface area contributed by atoms with Crippen molar-refractivity contribution in [2.45, 2.75) is 19.4 Å². The molecule has 2 heterocycles. The number of rotatable bonds is 4. The standard InChI is InChI=1S/C24H27N3O5/c28-20-11-18(12-21(29)14-20)23(31)25-7-4-8-26(10-9-25)24(32)19-13-22(30)27(16-19)15-17-5-2-1-3-6-17/h1-3,5-6,11-12,14,19,28-29H,4,7-10,13,15-16H2. The van der Waals surface area contributed by atoms with Crippen LogP contribution in [0.15, 0.2) is 48.5 Å². The molecule has 0 aromatic heterocycles. The number of benzene rings is 2. The van der Waals surface area contributed by atoms with E-state index < -0.39 is 0 Å². The van der Waals surface area contributed by atoms with Crippen molar-refractivity contribution in [3.05, 3.63) is 59.7 Å². The predicted octanol–water partition coefficient (Wildman–Crippen LogP) is 1.82. The fraction of sp³-hybridized carbons (Fsp3) is 0.375. The van der Waals surface area contributed by atoms with Gasteiger partial charge in [0, 0.05) is 57.3 Å². The monoisotopic (exact) mass is 437 g/mol. The zero-order valence-corrected chi connectivity index (χ0v) is 17.8. The number of phenols is 2. The Bertz CT molecular complexity index is 990. The van der Waals surface area contributed by atoms with E-state index in [0.717, 1.165) is 5.56 Å². The Morgan fingerprint density at radius 2 is 1.56 bits per heavy atom. The Morgan fingerprint density at radius 3 is 2.28 bits per heavy atom. The van der Waals surface area contributed by atoms with Gasteiger partial charge in [0.1, 0.15) is 11.5 Å². The topological polar surface area (TPSA) is 101 Å². The molecule has 0 spiro atoms. The first kappa shape index (κ1) is 21.7. The first-order chi connectivity index (χ1) is 15.4. The van der Waals surface area contributed by atoms with E-state index in [1.165, 1.54) is 18.2 Å². The maximum atomic E-state index is 13.1. The number of hydrogen-bond donors (Lipinski definition) is 2. The number of phenolic OH excluding ortho intramolecular Hbond substituents is 2. The quantitative estimate of drug-likeness (QED) is 0.760. The minimum atomic E-state index is -0.364. The highest BCUT2D eigenvalue weighted by Gasteiger charge is 2.37. The molecule has 2 N–H and O–H groups in total. The van der Waals surface area contributed by atoms with Crippen LogP contribution in [0.25, 0.3) is 0 Å². The first-order valence-electron chi connectivity index (χ1n) is 10.8. The lowest BCUT2D eigenvalue weighted by Crippen LogP contribution is -2.40. The molecule has 2 aliphatic rings. The molecule has 2 fully saturated rings.